The highest BCUT2D eigenvalue weighted by Gasteiger charge is 2.27. The lowest BCUT2D eigenvalue weighted by molar-refractivity contribution is -0.139. The van der Waals surface area contributed by atoms with Crippen molar-refractivity contribution in [2.24, 2.45) is 0 Å². The molecule has 0 unspecified atom stereocenters. The van der Waals surface area contributed by atoms with Gasteiger partial charge in [0.1, 0.15) is 0 Å². The van der Waals surface area contributed by atoms with Crippen LogP contribution in [0.5, 0.6) is 5.75 Å². The molecule has 0 atom stereocenters. The van der Waals surface area contributed by atoms with Crippen LogP contribution in [0.25, 0.3) is 0 Å². The average Bonchev–Trinajstić information content (AvgIpc) is 2.08. The molecule has 2 nitrogen and oxygen atoms in total. The van der Waals surface area contributed by atoms with Gasteiger partial charge in [-0.3, -0.25) is 0 Å². The first-order valence-corrected chi connectivity index (χ1v) is 4.51. The summed E-state index contributed by atoms with van der Waals surface area (Å²) in [6.45, 7) is -0.489. The third-order valence-corrected chi connectivity index (χ3v) is 1.93. The maximum atomic E-state index is 11.8. The molecular weight excluding hydrogens is 231 g/mol. The number of halogens is 4. The Bertz CT molecular complexity index is 320. The zero-order chi connectivity index (χ0) is 11.5. The average molecular weight is 240 g/mol. The summed E-state index contributed by atoms with van der Waals surface area (Å²) in [5, 5.41) is 0.206. The molecule has 0 fully saturated rings. The second-order valence-corrected chi connectivity index (χ2v) is 3.28. The minimum Gasteiger partial charge on any atom is -0.490 e. The van der Waals surface area contributed by atoms with Crippen molar-refractivity contribution in [2.45, 2.75) is 12.6 Å². The first-order valence-electron chi connectivity index (χ1n) is 4.13. The quantitative estimate of drug-likeness (QED) is 0.822. The van der Waals surface area contributed by atoms with E-state index < -0.39 is 19.2 Å². The lowest BCUT2D eigenvalue weighted by Crippen LogP contribution is -2.13. The molecule has 0 bridgehead atoms. The van der Waals surface area contributed by atoms with Crippen molar-refractivity contribution in [3.63, 3.8) is 0 Å². The molecule has 15 heavy (non-hydrogen) atoms. The normalized spacial score (nSPS) is 11.5. The Morgan fingerprint density at radius 3 is 2.53 bits per heavy atom. The Morgan fingerprint density at radius 2 is 2.00 bits per heavy atom. The SMILES string of the molecule is Nc1cccc(Cl)c1OCCC(F)(F)F. The zero-order valence-electron chi connectivity index (χ0n) is 7.64. The van der Waals surface area contributed by atoms with Crippen LogP contribution in [0.1, 0.15) is 6.42 Å². The predicted octanol–water partition coefficient (Wildman–Crippen LogP) is 3.25. The number of benzene rings is 1. The van der Waals surface area contributed by atoms with Gasteiger partial charge in [0.05, 0.1) is 23.7 Å². The van der Waals surface area contributed by atoms with Gasteiger partial charge in [-0.15, -0.1) is 0 Å². The number of anilines is 1. The molecular formula is C9H9ClF3NO. The van der Waals surface area contributed by atoms with Crippen LogP contribution in [-0.2, 0) is 0 Å². The van der Waals surface area contributed by atoms with Gasteiger partial charge in [0.15, 0.2) is 5.75 Å². The molecule has 0 amide bonds. The molecule has 0 spiro atoms. The number of rotatable bonds is 3. The summed E-state index contributed by atoms with van der Waals surface area (Å²) in [7, 11) is 0. The molecule has 6 heteroatoms. The number of hydrogen-bond acceptors (Lipinski definition) is 2. The van der Waals surface area contributed by atoms with Crippen LogP contribution in [0.15, 0.2) is 18.2 Å². The number of ether oxygens (including phenoxy) is 1. The van der Waals surface area contributed by atoms with Crippen LogP contribution in [0, 0.1) is 0 Å². The minimum absolute atomic E-state index is 0.100. The monoisotopic (exact) mass is 239 g/mol. The predicted molar refractivity (Wildman–Crippen MR) is 52.0 cm³/mol. The molecule has 1 rings (SSSR count). The third-order valence-electron chi connectivity index (χ3n) is 1.63. The highest BCUT2D eigenvalue weighted by Crippen LogP contribution is 2.31. The summed E-state index contributed by atoms with van der Waals surface area (Å²) in [6, 6.07) is 4.60. The molecule has 0 radical (unpaired) electrons. The van der Waals surface area contributed by atoms with Crippen molar-refractivity contribution in [1.82, 2.24) is 0 Å². The van der Waals surface area contributed by atoms with Crippen LogP contribution in [0.2, 0.25) is 5.02 Å². The van der Waals surface area contributed by atoms with Gasteiger partial charge in [0.2, 0.25) is 0 Å². The number of para-hydroxylation sites is 1. The Morgan fingerprint density at radius 1 is 1.33 bits per heavy atom. The van der Waals surface area contributed by atoms with E-state index in [1.54, 1.807) is 6.07 Å². The van der Waals surface area contributed by atoms with E-state index in [4.69, 9.17) is 22.1 Å². The maximum Gasteiger partial charge on any atom is 0.392 e. The van der Waals surface area contributed by atoms with Crippen molar-refractivity contribution in [2.75, 3.05) is 12.3 Å². The van der Waals surface area contributed by atoms with Gasteiger partial charge in [0.25, 0.3) is 0 Å². The molecule has 0 heterocycles. The van der Waals surface area contributed by atoms with Gasteiger partial charge in [0, 0.05) is 0 Å². The van der Waals surface area contributed by atoms with E-state index in [-0.39, 0.29) is 16.5 Å². The third kappa shape index (κ3) is 3.87. The molecule has 2 N–H and O–H groups in total. The molecule has 0 saturated heterocycles. The van der Waals surface area contributed by atoms with E-state index in [0.29, 0.717) is 0 Å². The van der Waals surface area contributed by atoms with Crippen LogP contribution < -0.4 is 10.5 Å². The standard InChI is InChI=1S/C9H9ClF3NO/c10-6-2-1-3-7(14)8(6)15-5-4-9(11,12)13/h1-3H,4-5,14H2. The van der Waals surface area contributed by atoms with E-state index in [0.717, 1.165) is 0 Å². The summed E-state index contributed by atoms with van der Waals surface area (Å²) < 4.78 is 40.3. The summed E-state index contributed by atoms with van der Waals surface area (Å²) >= 11 is 5.69. The van der Waals surface area contributed by atoms with Crippen molar-refractivity contribution >= 4 is 17.3 Å². The Labute approximate surface area is 89.8 Å². The smallest absolute Gasteiger partial charge is 0.392 e. The second kappa shape index (κ2) is 4.61. The minimum atomic E-state index is -4.24. The zero-order valence-corrected chi connectivity index (χ0v) is 8.40. The molecule has 0 saturated carbocycles. The maximum absolute atomic E-state index is 11.8. The van der Waals surface area contributed by atoms with Gasteiger partial charge in [-0.25, -0.2) is 0 Å². The fraction of sp³-hybridized carbons (Fsp3) is 0.333. The van der Waals surface area contributed by atoms with Gasteiger partial charge >= 0.3 is 6.18 Å². The second-order valence-electron chi connectivity index (χ2n) is 2.87. The van der Waals surface area contributed by atoms with E-state index >= 15 is 0 Å². The Balaban J connectivity index is 2.58. The van der Waals surface area contributed by atoms with E-state index in [1.807, 2.05) is 0 Å². The molecule has 0 aromatic heterocycles. The van der Waals surface area contributed by atoms with Gasteiger partial charge in [-0.2, -0.15) is 13.2 Å². The van der Waals surface area contributed by atoms with Crippen molar-refractivity contribution in [3.8, 4) is 5.75 Å². The van der Waals surface area contributed by atoms with Crippen molar-refractivity contribution < 1.29 is 17.9 Å². The van der Waals surface area contributed by atoms with Crippen LogP contribution in [0.4, 0.5) is 18.9 Å². The first-order chi connectivity index (χ1) is 6.90. The lowest BCUT2D eigenvalue weighted by atomic mass is 10.3. The number of nitrogen functional groups attached to an aromatic ring is 1. The van der Waals surface area contributed by atoms with Crippen LogP contribution >= 0.6 is 11.6 Å². The highest BCUT2D eigenvalue weighted by molar-refractivity contribution is 6.32. The number of nitrogens with two attached hydrogens (primary N) is 1. The lowest BCUT2D eigenvalue weighted by Gasteiger charge is -2.11. The van der Waals surface area contributed by atoms with Gasteiger partial charge in [-0.1, -0.05) is 17.7 Å². The molecule has 1 aromatic carbocycles. The van der Waals surface area contributed by atoms with Crippen LogP contribution in [0.3, 0.4) is 0 Å². The number of hydrogen-bond donors (Lipinski definition) is 1. The van der Waals surface area contributed by atoms with Gasteiger partial charge < -0.3 is 10.5 Å². The Kier molecular flexibility index (Phi) is 3.68. The van der Waals surface area contributed by atoms with Crippen LogP contribution in [-0.4, -0.2) is 12.8 Å². The van der Waals surface area contributed by atoms with Gasteiger partial charge in [-0.05, 0) is 12.1 Å². The molecule has 0 aliphatic carbocycles. The molecule has 84 valence electrons. The summed E-state index contributed by atoms with van der Waals surface area (Å²) in [6.07, 6.45) is -5.27. The fourth-order valence-electron chi connectivity index (χ4n) is 0.947. The Hall–Kier alpha value is -1.10. The topological polar surface area (TPSA) is 35.2 Å². The summed E-state index contributed by atoms with van der Waals surface area (Å²) in [5.41, 5.74) is 5.71. The summed E-state index contributed by atoms with van der Waals surface area (Å²) in [4.78, 5) is 0. The molecule has 1 aromatic rings. The molecule has 0 aliphatic heterocycles. The molecule has 0 aliphatic rings. The highest BCUT2D eigenvalue weighted by atomic mass is 35.5. The van der Waals surface area contributed by atoms with E-state index in [9.17, 15) is 13.2 Å². The van der Waals surface area contributed by atoms with E-state index in [1.165, 1.54) is 12.1 Å². The summed E-state index contributed by atoms with van der Waals surface area (Å²) in [5.74, 6) is 0.100. The number of alkyl halides is 3. The van der Waals surface area contributed by atoms with Crippen molar-refractivity contribution in [1.29, 1.82) is 0 Å². The van der Waals surface area contributed by atoms with Crippen molar-refractivity contribution in [3.05, 3.63) is 23.2 Å². The fourth-order valence-corrected chi connectivity index (χ4v) is 1.18. The largest absolute Gasteiger partial charge is 0.490 e. The van der Waals surface area contributed by atoms with E-state index in [2.05, 4.69) is 0 Å². The first kappa shape index (κ1) is 12.0.